The quantitative estimate of drug-likeness (QED) is 0.248. The van der Waals surface area contributed by atoms with E-state index in [1.54, 1.807) is 0 Å². The van der Waals surface area contributed by atoms with Crippen LogP contribution in [-0.2, 0) is 4.74 Å². The highest BCUT2D eigenvalue weighted by Gasteiger charge is 2.30. The number of hydrogen-bond acceptors (Lipinski definition) is 1. The van der Waals surface area contributed by atoms with Crippen LogP contribution in [0.1, 0.15) is 84.0 Å². The summed E-state index contributed by atoms with van der Waals surface area (Å²) < 4.78 is 6.04. The topological polar surface area (TPSA) is 9.23 Å². The van der Waals surface area contributed by atoms with E-state index in [1.165, 1.54) is 70.6 Å². The Bertz CT molecular complexity index is 298. The average Bonchev–Trinajstić information content (AvgIpc) is 2.58. The fourth-order valence-electron chi connectivity index (χ4n) is 4.66. The first-order valence-corrected chi connectivity index (χ1v) is 14.4. The zero-order chi connectivity index (χ0) is 16.5. The molecule has 0 atom stereocenters. The van der Waals surface area contributed by atoms with Crippen LogP contribution in [0.15, 0.2) is 0 Å². The number of ether oxygens (including phenoxy) is 1. The van der Waals surface area contributed by atoms with E-state index in [1.807, 2.05) is 0 Å². The molecule has 2 aliphatic carbocycles. The van der Waals surface area contributed by atoms with Gasteiger partial charge in [0.05, 0.1) is 6.10 Å². The molecule has 0 radical (unpaired) electrons. The molecule has 0 aromatic heterocycles. The van der Waals surface area contributed by atoms with E-state index in [0.717, 1.165) is 36.8 Å². The first-order valence-electron chi connectivity index (χ1n) is 10.1. The lowest BCUT2D eigenvalue weighted by Gasteiger charge is -2.37. The van der Waals surface area contributed by atoms with Crippen LogP contribution < -0.4 is 0 Å². The number of halogens is 2. The van der Waals surface area contributed by atoms with Crippen LogP contribution in [0.25, 0.3) is 0 Å². The van der Waals surface area contributed by atoms with Gasteiger partial charge < -0.3 is 4.74 Å². The third-order valence-corrected chi connectivity index (χ3v) is 8.32. The highest BCUT2D eigenvalue weighted by atomic mass is 35.7. The smallest absolute Gasteiger partial charge is 0.237 e. The standard InChI is InChI=1S/C19H36Cl2OSi/c1-2-3-5-16-6-8-17(9-7-16)18-10-12-19(13-11-18)22-14-4-15-23(20)21/h16-19,23H,2-15H2,1H3. The fraction of sp³-hybridized carbons (Fsp3) is 1.00. The summed E-state index contributed by atoms with van der Waals surface area (Å²) in [5.41, 5.74) is 0. The van der Waals surface area contributed by atoms with Crippen molar-refractivity contribution in [3.8, 4) is 0 Å². The molecule has 0 aliphatic heterocycles. The van der Waals surface area contributed by atoms with Gasteiger partial charge in [-0.25, -0.2) is 0 Å². The molecule has 0 amide bonds. The van der Waals surface area contributed by atoms with Crippen LogP contribution in [0.3, 0.4) is 0 Å². The first-order chi connectivity index (χ1) is 11.2. The monoisotopic (exact) mass is 378 g/mol. The number of hydrogen-bond donors (Lipinski definition) is 0. The molecular weight excluding hydrogens is 343 g/mol. The maximum atomic E-state index is 6.04. The molecule has 0 aromatic carbocycles. The van der Waals surface area contributed by atoms with E-state index in [9.17, 15) is 0 Å². The summed E-state index contributed by atoms with van der Waals surface area (Å²) in [4.78, 5) is 0. The average molecular weight is 379 g/mol. The normalized spacial score (nSPS) is 32.3. The maximum Gasteiger partial charge on any atom is 0.237 e. The molecule has 0 heterocycles. The van der Waals surface area contributed by atoms with Crippen LogP contribution >= 0.6 is 22.2 Å². The molecule has 2 fully saturated rings. The van der Waals surface area contributed by atoms with E-state index in [2.05, 4.69) is 6.92 Å². The van der Waals surface area contributed by atoms with Gasteiger partial charge in [0.25, 0.3) is 0 Å². The summed E-state index contributed by atoms with van der Waals surface area (Å²) in [5.74, 6) is 3.06. The Hall–Kier alpha value is 0.757. The summed E-state index contributed by atoms with van der Waals surface area (Å²) >= 11 is 11.8. The maximum absolute atomic E-state index is 6.04. The van der Waals surface area contributed by atoms with E-state index in [0.29, 0.717) is 6.10 Å². The third-order valence-electron chi connectivity index (χ3n) is 6.16. The molecule has 0 N–H and O–H groups in total. The van der Waals surface area contributed by atoms with Gasteiger partial charge in [-0.15, -0.1) is 0 Å². The highest BCUT2D eigenvalue weighted by molar-refractivity contribution is 7.33. The second-order valence-electron chi connectivity index (χ2n) is 7.86. The van der Waals surface area contributed by atoms with E-state index in [-0.39, 0.29) is 0 Å². The molecule has 0 bridgehead atoms. The molecule has 0 unspecified atom stereocenters. The van der Waals surface area contributed by atoms with Gasteiger partial charge in [0.2, 0.25) is 7.42 Å². The summed E-state index contributed by atoms with van der Waals surface area (Å²) in [7, 11) is -1.42. The Morgan fingerprint density at radius 1 is 0.870 bits per heavy atom. The van der Waals surface area contributed by atoms with Gasteiger partial charge in [-0.3, -0.25) is 0 Å². The molecule has 0 aromatic rings. The van der Waals surface area contributed by atoms with Gasteiger partial charge in [0, 0.05) is 6.61 Å². The molecule has 0 saturated heterocycles. The summed E-state index contributed by atoms with van der Waals surface area (Å²) in [5, 5.41) is 0. The Labute approximate surface area is 154 Å². The Balaban J connectivity index is 1.56. The van der Waals surface area contributed by atoms with Crippen molar-refractivity contribution in [3.63, 3.8) is 0 Å². The lowest BCUT2D eigenvalue weighted by atomic mass is 9.70. The van der Waals surface area contributed by atoms with Crippen LogP contribution in [0, 0.1) is 17.8 Å². The second-order valence-corrected chi connectivity index (χ2v) is 13.1. The molecule has 23 heavy (non-hydrogen) atoms. The fourth-order valence-corrected chi connectivity index (χ4v) is 6.06. The Morgan fingerprint density at radius 3 is 2.04 bits per heavy atom. The minimum absolute atomic E-state index is 0.512. The van der Waals surface area contributed by atoms with Crippen LogP contribution in [0.4, 0.5) is 0 Å². The van der Waals surface area contributed by atoms with Gasteiger partial charge >= 0.3 is 0 Å². The molecule has 136 valence electrons. The number of rotatable bonds is 9. The minimum Gasteiger partial charge on any atom is -0.378 e. The molecule has 2 rings (SSSR count). The van der Waals surface area contributed by atoms with Gasteiger partial charge in [-0.05, 0) is 68.7 Å². The molecule has 2 aliphatic rings. The Kier molecular flexibility index (Phi) is 9.94. The predicted molar refractivity (Wildman–Crippen MR) is 105 cm³/mol. The third kappa shape index (κ3) is 7.67. The van der Waals surface area contributed by atoms with Gasteiger partial charge in [-0.1, -0.05) is 39.0 Å². The molecule has 4 heteroatoms. The van der Waals surface area contributed by atoms with Crippen molar-refractivity contribution in [2.45, 2.75) is 96.1 Å². The van der Waals surface area contributed by atoms with Crippen LogP contribution in [0.5, 0.6) is 0 Å². The van der Waals surface area contributed by atoms with Crippen LogP contribution in [-0.4, -0.2) is 20.1 Å². The van der Waals surface area contributed by atoms with E-state index < -0.39 is 7.42 Å². The Morgan fingerprint density at radius 2 is 1.48 bits per heavy atom. The zero-order valence-electron chi connectivity index (χ0n) is 15.0. The first kappa shape index (κ1) is 20.1. The van der Waals surface area contributed by atoms with E-state index >= 15 is 0 Å². The van der Waals surface area contributed by atoms with Crippen molar-refractivity contribution in [2.75, 3.05) is 6.61 Å². The lowest BCUT2D eigenvalue weighted by molar-refractivity contribution is 0.00728. The van der Waals surface area contributed by atoms with Crippen molar-refractivity contribution in [1.82, 2.24) is 0 Å². The second kappa shape index (κ2) is 11.4. The molecule has 0 spiro atoms. The molecular formula is C19H36Cl2OSi. The highest BCUT2D eigenvalue weighted by Crippen LogP contribution is 2.41. The van der Waals surface area contributed by atoms with E-state index in [4.69, 9.17) is 26.9 Å². The van der Waals surface area contributed by atoms with Crippen molar-refractivity contribution in [2.24, 2.45) is 17.8 Å². The largest absolute Gasteiger partial charge is 0.378 e. The summed E-state index contributed by atoms with van der Waals surface area (Å²) in [6.07, 6.45) is 17.2. The summed E-state index contributed by atoms with van der Waals surface area (Å²) in [6, 6.07) is 0.986. The van der Waals surface area contributed by atoms with Gasteiger partial charge in [0.1, 0.15) is 0 Å². The number of unbranched alkanes of at least 4 members (excludes halogenated alkanes) is 1. The zero-order valence-corrected chi connectivity index (χ0v) is 17.6. The van der Waals surface area contributed by atoms with Gasteiger partial charge in [0.15, 0.2) is 0 Å². The predicted octanol–water partition coefficient (Wildman–Crippen LogP) is 6.65. The van der Waals surface area contributed by atoms with Crippen molar-refractivity contribution < 1.29 is 4.74 Å². The lowest BCUT2D eigenvalue weighted by Crippen LogP contribution is -2.28. The molecule has 1 nitrogen and oxygen atoms in total. The van der Waals surface area contributed by atoms with Gasteiger partial charge in [-0.2, -0.15) is 22.2 Å². The van der Waals surface area contributed by atoms with Crippen molar-refractivity contribution in [3.05, 3.63) is 0 Å². The summed E-state index contributed by atoms with van der Waals surface area (Å²) in [6.45, 7) is 3.18. The SMILES string of the molecule is CCCCC1CCC(C2CCC(OCCC[SiH](Cl)Cl)CC2)CC1. The minimum atomic E-state index is -1.42. The van der Waals surface area contributed by atoms with Crippen LogP contribution in [0.2, 0.25) is 6.04 Å². The molecule has 2 saturated carbocycles. The van der Waals surface area contributed by atoms with Crippen molar-refractivity contribution >= 4 is 29.6 Å². The van der Waals surface area contributed by atoms with Crippen molar-refractivity contribution in [1.29, 1.82) is 0 Å².